The van der Waals surface area contributed by atoms with Crippen LogP contribution in [0, 0.1) is 6.92 Å². The number of carbonyl (C=O) groups excluding carboxylic acids is 1. The first-order chi connectivity index (χ1) is 13.6. The molecule has 5 nitrogen and oxygen atoms in total. The van der Waals surface area contributed by atoms with Gasteiger partial charge in [-0.2, -0.15) is 0 Å². The van der Waals surface area contributed by atoms with Gasteiger partial charge in [0.2, 0.25) is 0 Å². The highest BCUT2D eigenvalue weighted by molar-refractivity contribution is 5.94. The number of aromatic nitrogens is 2. The molecule has 1 amide bonds. The van der Waals surface area contributed by atoms with Crippen molar-refractivity contribution in [2.45, 2.75) is 45.1 Å². The molecule has 0 bridgehead atoms. The van der Waals surface area contributed by atoms with Crippen molar-refractivity contribution in [3.63, 3.8) is 0 Å². The summed E-state index contributed by atoms with van der Waals surface area (Å²) in [6.07, 6.45) is 5.81. The molecule has 1 aromatic heterocycles. The Morgan fingerprint density at radius 1 is 1.04 bits per heavy atom. The van der Waals surface area contributed by atoms with Gasteiger partial charge in [-0.15, -0.1) is 0 Å². The highest BCUT2D eigenvalue weighted by Crippen LogP contribution is 2.23. The predicted octanol–water partition coefficient (Wildman–Crippen LogP) is 4.10. The molecule has 1 aliphatic carbocycles. The number of nitrogens with zero attached hydrogens (tertiary/aromatic N) is 3. The quantitative estimate of drug-likeness (QED) is 0.693. The summed E-state index contributed by atoms with van der Waals surface area (Å²) in [4.78, 5) is 32.2. The minimum absolute atomic E-state index is 0.0409. The van der Waals surface area contributed by atoms with Crippen LogP contribution >= 0.6 is 0 Å². The van der Waals surface area contributed by atoms with Gasteiger partial charge in [0.1, 0.15) is 5.82 Å². The molecule has 3 aromatic rings. The molecule has 0 spiro atoms. The topological polar surface area (TPSA) is 55.2 Å². The number of fused-ring (bicyclic) bond motifs is 1. The van der Waals surface area contributed by atoms with Crippen molar-refractivity contribution >= 4 is 16.8 Å². The van der Waals surface area contributed by atoms with Gasteiger partial charge in [-0.3, -0.25) is 14.2 Å². The molecule has 1 fully saturated rings. The molecular weight excluding hydrogens is 350 g/mol. The third-order valence-corrected chi connectivity index (χ3v) is 5.76. The van der Waals surface area contributed by atoms with Crippen molar-refractivity contribution in [2.75, 3.05) is 7.05 Å². The van der Waals surface area contributed by atoms with Crippen LogP contribution in [0.1, 0.15) is 48.3 Å². The lowest BCUT2D eigenvalue weighted by molar-refractivity contribution is 0.0696. The molecule has 0 atom stereocenters. The summed E-state index contributed by atoms with van der Waals surface area (Å²) in [7, 11) is 1.90. The van der Waals surface area contributed by atoms with Crippen molar-refractivity contribution in [2.24, 2.45) is 0 Å². The van der Waals surface area contributed by atoms with Crippen molar-refractivity contribution < 1.29 is 4.79 Å². The fraction of sp³-hybridized carbons (Fsp3) is 0.348. The lowest BCUT2D eigenvalue weighted by atomic mass is 9.94. The summed E-state index contributed by atoms with van der Waals surface area (Å²) in [6.45, 7) is 1.82. The second-order valence-corrected chi connectivity index (χ2v) is 7.57. The first kappa shape index (κ1) is 18.4. The SMILES string of the molecule is Cc1nc2ccccc2c(=O)n1-c1ccc(C(=O)N(C)C2CCCCC2)cc1. The van der Waals surface area contributed by atoms with E-state index in [-0.39, 0.29) is 11.5 Å². The van der Waals surface area contributed by atoms with E-state index in [4.69, 9.17) is 0 Å². The van der Waals surface area contributed by atoms with E-state index in [2.05, 4.69) is 4.98 Å². The lowest BCUT2D eigenvalue weighted by Crippen LogP contribution is -2.38. The Bertz CT molecular complexity index is 1060. The summed E-state index contributed by atoms with van der Waals surface area (Å²) < 4.78 is 1.60. The Morgan fingerprint density at radius 3 is 2.43 bits per heavy atom. The highest BCUT2D eigenvalue weighted by Gasteiger charge is 2.23. The minimum atomic E-state index is -0.0958. The molecule has 4 rings (SSSR count). The molecule has 1 saturated carbocycles. The average Bonchev–Trinajstić information content (AvgIpc) is 2.74. The van der Waals surface area contributed by atoms with Gasteiger partial charge in [0.25, 0.3) is 11.5 Å². The van der Waals surface area contributed by atoms with Gasteiger partial charge in [0, 0.05) is 18.7 Å². The zero-order valence-electron chi connectivity index (χ0n) is 16.4. The second kappa shape index (κ2) is 7.58. The molecular formula is C23H25N3O2. The second-order valence-electron chi connectivity index (χ2n) is 7.57. The highest BCUT2D eigenvalue weighted by atomic mass is 16.2. The van der Waals surface area contributed by atoms with Gasteiger partial charge in [-0.25, -0.2) is 4.98 Å². The largest absolute Gasteiger partial charge is 0.339 e. The maximum absolute atomic E-state index is 12.9. The fourth-order valence-electron chi connectivity index (χ4n) is 4.14. The van der Waals surface area contributed by atoms with Gasteiger partial charge >= 0.3 is 0 Å². The number of amides is 1. The van der Waals surface area contributed by atoms with E-state index in [1.165, 1.54) is 19.3 Å². The van der Waals surface area contributed by atoms with Crippen LogP contribution in [0.3, 0.4) is 0 Å². The Morgan fingerprint density at radius 2 is 1.71 bits per heavy atom. The van der Waals surface area contributed by atoms with Crippen LogP contribution in [0.5, 0.6) is 0 Å². The van der Waals surface area contributed by atoms with Gasteiger partial charge in [-0.05, 0) is 56.2 Å². The van der Waals surface area contributed by atoms with E-state index in [1.807, 2.05) is 49.2 Å². The number of para-hydroxylation sites is 1. The molecule has 1 heterocycles. The molecule has 0 N–H and O–H groups in total. The van der Waals surface area contributed by atoms with Crippen LogP contribution < -0.4 is 5.56 Å². The van der Waals surface area contributed by atoms with E-state index >= 15 is 0 Å². The molecule has 0 radical (unpaired) electrons. The normalized spacial score (nSPS) is 14.9. The van der Waals surface area contributed by atoms with Gasteiger partial charge in [0.15, 0.2) is 0 Å². The maximum atomic E-state index is 12.9. The molecule has 1 aliphatic rings. The number of rotatable bonds is 3. The molecule has 0 saturated heterocycles. The van der Waals surface area contributed by atoms with Crippen molar-refractivity contribution in [3.8, 4) is 5.69 Å². The van der Waals surface area contributed by atoms with Gasteiger partial charge < -0.3 is 4.90 Å². The third kappa shape index (κ3) is 3.33. The monoisotopic (exact) mass is 375 g/mol. The van der Waals surface area contributed by atoms with Crippen LogP contribution in [-0.4, -0.2) is 33.4 Å². The summed E-state index contributed by atoms with van der Waals surface area (Å²) in [5, 5.41) is 0.588. The number of hydrogen-bond acceptors (Lipinski definition) is 3. The summed E-state index contributed by atoms with van der Waals surface area (Å²) in [6, 6.07) is 14.9. The Kier molecular flexibility index (Phi) is 4.99. The van der Waals surface area contributed by atoms with Crippen molar-refractivity contribution in [1.29, 1.82) is 0 Å². The standard InChI is InChI=1S/C23H25N3O2/c1-16-24-21-11-7-6-10-20(21)23(28)26(16)19-14-12-17(13-15-19)22(27)25(2)18-8-4-3-5-9-18/h6-7,10-15,18H,3-5,8-9H2,1-2H3. The Labute approximate surface area is 164 Å². The van der Waals surface area contributed by atoms with E-state index in [1.54, 1.807) is 22.8 Å². The molecule has 144 valence electrons. The fourth-order valence-corrected chi connectivity index (χ4v) is 4.14. The summed E-state index contributed by atoms with van der Waals surface area (Å²) in [5.41, 5.74) is 1.97. The molecule has 0 unspecified atom stereocenters. The maximum Gasteiger partial charge on any atom is 0.265 e. The molecule has 0 aliphatic heterocycles. The molecule has 2 aromatic carbocycles. The van der Waals surface area contributed by atoms with E-state index in [0.29, 0.717) is 28.3 Å². The first-order valence-electron chi connectivity index (χ1n) is 9.92. The zero-order valence-corrected chi connectivity index (χ0v) is 16.4. The van der Waals surface area contributed by atoms with Crippen LogP contribution in [0.2, 0.25) is 0 Å². The van der Waals surface area contributed by atoms with Crippen LogP contribution in [0.4, 0.5) is 0 Å². The number of hydrogen-bond donors (Lipinski definition) is 0. The summed E-state index contributed by atoms with van der Waals surface area (Å²) in [5.74, 6) is 0.668. The van der Waals surface area contributed by atoms with Crippen molar-refractivity contribution in [1.82, 2.24) is 14.5 Å². The van der Waals surface area contributed by atoms with Gasteiger partial charge in [-0.1, -0.05) is 31.4 Å². The van der Waals surface area contributed by atoms with E-state index in [0.717, 1.165) is 18.5 Å². The Balaban J connectivity index is 1.64. The third-order valence-electron chi connectivity index (χ3n) is 5.76. The van der Waals surface area contributed by atoms with E-state index < -0.39 is 0 Å². The van der Waals surface area contributed by atoms with Crippen LogP contribution in [-0.2, 0) is 0 Å². The van der Waals surface area contributed by atoms with Crippen molar-refractivity contribution in [3.05, 3.63) is 70.3 Å². The van der Waals surface area contributed by atoms with E-state index in [9.17, 15) is 9.59 Å². The molecule has 28 heavy (non-hydrogen) atoms. The number of benzene rings is 2. The van der Waals surface area contributed by atoms with Crippen LogP contribution in [0.25, 0.3) is 16.6 Å². The average molecular weight is 375 g/mol. The number of aryl methyl sites for hydroxylation is 1. The summed E-state index contributed by atoms with van der Waals surface area (Å²) >= 11 is 0. The van der Waals surface area contributed by atoms with Crippen LogP contribution in [0.15, 0.2) is 53.3 Å². The lowest BCUT2D eigenvalue weighted by Gasteiger charge is -2.31. The smallest absolute Gasteiger partial charge is 0.265 e. The minimum Gasteiger partial charge on any atom is -0.339 e. The zero-order chi connectivity index (χ0) is 19.7. The first-order valence-corrected chi connectivity index (χ1v) is 9.92. The predicted molar refractivity (Wildman–Crippen MR) is 111 cm³/mol. The number of carbonyl (C=O) groups is 1. The van der Waals surface area contributed by atoms with Gasteiger partial charge in [0.05, 0.1) is 16.6 Å². The Hall–Kier alpha value is -2.95. The molecule has 5 heteroatoms.